The number of hydrogen-bond acceptors (Lipinski definition) is 4. The maximum Gasteiger partial charge on any atom is 0.231 e. The predicted octanol–water partition coefficient (Wildman–Crippen LogP) is 3.63. The van der Waals surface area contributed by atoms with Crippen LogP contribution in [0.4, 0.5) is 4.39 Å². The Kier molecular flexibility index (Phi) is 4.68. The molecule has 0 amide bonds. The quantitative estimate of drug-likeness (QED) is 0.772. The standard InChI is InChI=1S/C21H20FNO3/c1-23-10-8-19(15-2-4-17(22)5-3-15)16(13-23)9-11-24-18-6-7-20-21(12-18)26-14-25-20/h2-7,12,16,19H,8,10,13-14H2,1H3/t16?,19-/m0/s1. The lowest BCUT2D eigenvalue weighted by molar-refractivity contribution is 0.174. The normalized spacial score (nSPS) is 21.8. The fourth-order valence-corrected chi connectivity index (χ4v) is 3.47. The highest BCUT2D eigenvalue weighted by Crippen LogP contribution is 2.35. The average molecular weight is 353 g/mol. The number of halogens is 1. The summed E-state index contributed by atoms with van der Waals surface area (Å²) in [4.78, 5) is 2.26. The van der Waals surface area contributed by atoms with Gasteiger partial charge in [0.25, 0.3) is 0 Å². The lowest BCUT2D eigenvalue weighted by Crippen LogP contribution is -2.36. The molecule has 2 heterocycles. The van der Waals surface area contributed by atoms with Gasteiger partial charge in [-0.25, -0.2) is 4.39 Å². The minimum absolute atomic E-state index is 0.133. The first-order chi connectivity index (χ1) is 12.7. The van der Waals surface area contributed by atoms with Gasteiger partial charge in [0.05, 0.1) is 0 Å². The zero-order valence-corrected chi connectivity index (χ0v) is 14.6. The van der Waals surface area contributed by atoms with Gasteiger partial charge in [0, 0.05) is 24.4 Å². The van der Waals surface area contributed by atoms with Crippen LogP contribution in [-0.2, 0) is 0 Å². The number of piperidine rings is 1. The van der Waals surface area contributed by atoms with E-state index >= 15 is 0 Å². The zero-order chi connectivity index (χ0) is 17.9. The van der Waals surface area contributed by atoms with E-state index in [1.54, 1.807) is 6.07 Å². The highest BCUT2D eigenvalue weighted by atomic mass is 19.1. The van der Waals surface area contributed by atoms with Crippen LogP contribution in [0, 0.1) is 23.8 Å². The Morgan fingerprint density at radius 1 is 1.12 bits per heavy atom. The van der Waals surface area contributed by atoms with E-state index in [0.29, 0.717) is 11.5 Å². The van der Waals surface area contributed by atoms with Gasteiger partial charge in [-0.2, -0.15) is 0 Å². The maximum atomic E-state index is 13.2. The minimum Gasteiger partial charge on any atom is -0.454 e. The molecule has 0 bridgehead atoms. The summed E-state index contributed by atoms with van der Waals surface area (Å²) in [6.45, 7) is 2.10. The summed E-state index contributed by atoms with van der Waals surface area (Å²) < 4.78 is 29.5. The molecule has 2 aliphatic heterocycles. The summed E-state index contributed by atoms with van der Waals surface area (Å²) >= 11 is 0. The Hall–Kier alpha value is -2.71. The van der Waals surface area contributed by atoms with Crippen molar-refractivity contribution in [3.05, 3.63) is 53.8 Å². The largest absolute Gasteiger partial charge is 0.454 e. The van der Waals surface area contributed by atoms with Crippen molar-refractivity contribution in [2.24, 2.45) is 5.92 Å². The highest BCUT2D eigenvalue weighted by Gasteiger charge is 2.28. The number of nitrogens with zero attached hydrogens (tertiary/aromatic N) is 1. The van der Waals surface area contributed by atoms with Gasteiger partial charge >= 0.3 is 0 Å². The Morgan fingerprint density at radius 2 is 1.92 bits per heavy atom. The molecule has 0 radical (unpaired) electrons. The summed E-state index contributed by atoms with van der Waals surface area (Å²) in [6, 6.07) is 12.2. The van der Waals surface area contributed by atoms with Gasteiger partial charge in [0.15, 0.2) is 11.5 Å². The monoisotopic (exact) mass is 353 g/mol. The number of benzene rings is 2. The Bertz CT molecular complexity index is 841. The third-order valence-electron chi connectivity index (χ3n) is 4.87. The number of likely N-dealkylation sites (tertiary alicyclic amines) is 1. The fourth-order valence-electron chi connectivity index (χ4n) is 3.47. The van der Waals surface area contributed by atoms with Crippen LogP contribution in [-0.4, -0.2) is 31.8 Å². The molecule has 0 aromatic heterocycles. The Balaban J connectivity index is 1.49. The molecule has 0 saturated carbocycles. The summed E-state index contributed by atoms with van der Waals surface area (Å²) in [5, 5.41) is 0. The molecule has 2 aromatic rings. The molecule has 4 rings (SSSR count). The van der Waals surface area contributed by atoms with Crippen molar-refractivity contribution in [3.63, 3.8) is 0 Å². The van der Waals surface area contributed by atoms with E-state index in [1.165, 1.54) is 12.1 Å². The first kappa shape index (κ1) is 16.7. The lowest BCUT2D eigenvalue weighted by atomic mass is 9.81. The van der Waals surface area contributed by atoms with Crippen molar-refractivity contribution in [1.82, 2.24) is 4.90 Å². The molecule has 1 saturated heterocycles. The van der Waals surface area contributed by atoms with Crippen LogP contribution in [0.15, 0.2) is 42.5 Å². The number of hydrogen-bond donors (Lipinski definition) is 0. The van der Waals surface area contributed by atoms with Crippen molar-refractivity contribution < 1.29 is 18.6 Å². The first-order valence-electron chi connectivity index (χ1n) is 8.70. The zero-order valence-electron chi connectivity index (χ0n) is 14.6. The second kappa shape index (κ2) is 7.27. The van der Waals surface area contributed by atoms with Crippen molar-refractivity contribution in [3.8, 4) is 29.3 Å². The van der Waals surface area contributed by atoms with Crippen molar-refractivity contribution in [2.45, 2.75) is 12.3 Å². The van der Waals surface area contributed by atoms with E-state index in [4.69, 9.17) is 14.2 Å². The molecule has 1 fully saturated rings. The molecular weight excluding hydrogens is 333 g/mol. The number of fused-ring (bicyclic) bond motifs is 1. The molecule has 2 atom stereocenters. The van der Waals surface area contributed by atoms with E-state index in [0.717, 1.165) is 30.8 Å². The van der Waals surface area contributed by atoms with E-state index in [9.17, 15) is 4.39 Å². The summed E-state index contributed by atoms with van der Waals surface area (Å²) in [5.41, 5.74) is 1.13. The van der Waals surface area contributed by atoms with Crippen LogP contribution in [0.5, 0.6) is 17.2 Å². The molecule has 0 spiro atoms. The average Bonchev–Trinajstić information content (AvgIpc) is 3.11. The van der Waals surface area contributed by atoms with Crippen LogP contribution in [0.25, 0.3) is 0 Å². The van der Waals surface area contributed by atoms with Crippen molar-refractivity contribution in [2.75, 3.05) is 26.9 Å². The molecule has 0 N–H and O–H groups in total. The molecule has 4 nitrogen and oxygen atoms in total. The molecule has 2 aromatic carbocycles. The summed E-state index contributed by atoms with van der Waals surface area (Å²) in [6.07, 6.45) is 3.84. The van der Waals surface area contributed by atoms with E-state index in [2.05, 4.69) is 24.0 Å². The minimum atomic E-state index is -0.213. The van der Waals surface area contributed by atoms with E-state index in [-0.39, 0.29) is 24.4 Å². The SMILES string of the molecule is CN1CC[C@@H](c2ccc(F)cc2)C(C#COc2ccc3c(c2)OCO3)C1. The van der Waals surface area contributed by atoms with Crippen LogP contribution in [0.3, 0.4) is 0 Å². The molecular formula is C21H20FNO3. The molecule has 134 valence electrons. The molecule has 26 heavy (non-hydrogen) atoms. The topological polar surface area (TPSA) is 30.9 Å². The van der Waals surface area contributed by atoms with E-state index < -0.39 is 0 Å². The van der Waals surface area contributed by atoms with Crippen LogP contribution >= 0.6 is 0 Å². The van der Waals surface area contributed by atoms with Crippen LogP contribution in [0.2, 0.25) is 0 Å². The Labute approximate surface area is 152 Å². The van der Waals surface area contributed by atoms with Gasteiger partial charge in [-0.1, -0.05) is 18.1 Å². The van der Waals surface area contributed by atoms with Gasteiger partial charge in [-0.05, 0) is 49.8 Å². The van der Waals surface area contributed by atoms with Gasteiger partial charge in [0.2, 0.25) is 6.79 Å². The smallest absolute Gasteiger partial charge is 0.231 e. The van der Waals surface area contributed by atoms with Gasteiger partial charge in [-0.3, -0.25) is 0 Å². The van der Waals surface area contributed by atoms with Crippen LogP contribution in [0.1, 0.15) is 17.9 Å². The third-order valence-corrected chi connectivity index (χ3v) is 4.87. The summed E-state index contributed by atoms with van der Waals surface area (Å²) in [7, 11) is 2.09. The van der Waals surface area contributed by atoms with Gasteiger partial charge in [0.1, 0.15) is 17.7 Å². The van der Waals surface area contributed by atoms with Gasteiger partial charge < -0.3 is 19.1 Å². The summed E-state index contributed by atoms with van der Waals surface area (Å²) in [5.74, 6) is 5.47. The number of ether oxygens (including phenoxy) is 3. The first-order valence-corrected chi connectivity index (χ1v) is 8.70. The second-order valence-electron chi connectivity index (χ2n) is 6.68. The number of rotatable bonds is 2. The van der Waals surface area contributed by atoms with Gasteiger partial charge in [-0.15, -0.1) is 0 Å². The van der Waals surface area contributed by atoms with Crippen LogP contribution < -0.4 is 14.2 Å². The fraction of sp³-hybridized carbons (Fsp3) is 0.333. The second-order valence-corrected chi connectivity index (χ2v) is 6.68. The van der Waals surface area contributed by atoms with Crippen molar-refractivity contribution in [1.29, 1.82) is 0 Å². The molecule has 2 aliphatic rings. The predicted molar refractivity (Wildman–Crippen MR) is 95.7 cm³/mol. The third kappa shape index (κ3) is 3.61. The molecule has 0 aliphatic carbocycles. The molecule has 5 heteroatoms. The molecule has 1 unspecified atom stereocenters. The van der Waals surface area contributed by atoms with E-state index in [1.807, 2.05) is 24.3 Å². The lowest BCUT2D eigenvalue weighted by Gasteiger charge is -2.34. The highest BCUT2D eigenvalue weighted by molar-refractivity contribution is 5.47. The maximum absolute atomic E-state index is 13.2. The Morgan fingerprint density at radius 3 is 2.77 bits per heavy atom. The van der Waals surface area contributed by atoms with Crippen molar-refractivity contribution >= 4 is 0 Å².